The van der Waals surface area contributed by atoms with Crippen LogP contribution in [-0.2, 0) is 11.0 Å². The summed E-state index contributed by atoms with van der Waals surface area (Å²) in [6.45, 7) is 3.96. The fraction of sp³-hybridized carbons (Fsp3) is 0.300. The summed E-state index contributed by atoms with van der Waals surface area (Å²) in [5.41, 5.74) is 1.11. The largest absolute Gasteiger partial charge is 0.416 e. The van der Waals surface area contributed by atoms with Crippen LogP contribution in [-0.4, -0.2) is 35.8 Å². The van der Waals surface area contributed by atoms with E-state index in [9.17, 15) is 22.8 Å². The molecule has 1 aliphatic rings. The Morgan fingerprint density at radius 2 is 1.78 bits per heavy atom. The van der Waals surface area contributed by atoms with E-state index >= 15 is 0 Å². The van der Waals surface area contributed by atoms with E-state index in [4.69, 9.17) is 0 Å². The summed E-state index contributed by atoms with van der Waals surface area (Å²) < 4.78 is 38.0. The lowest BCUT2D eigenvalue weighted by Crippen LogP contribution is -2.57. The molecule has 0 N–H and O–H groups in total. The van der Waals surface area contributed by atoms with Crippen LogP contribution in [0.2, 0.25) is 0 Å². The van der Waals surface area contributed by atoms with Gasteiger partial charge in [-0.3, -0.25) is 9.59 Å². The minimum atomic E-state index is -4.45. The van der Waals surface area contributed by atoms with Gasteiger partial charge in [0.15, 0.2) is 0 Å². The topological polar surface area (TPSA) is 40.6 Å². The second-order valence-corrected chi connectivity index (χ2v) is 6.70. The summed E-state index contributed by atoms with van der Waals surface area (Å²) in [5, 5.41) is 0. The number of nitrogens with zero attached hydrogens (tertiary/aromatic N) is 2. The van der Waals surface area contributed by atoms with E-state index in [1.807, 2.05) is 38.1 Å². The highest BCUT2D eigenvalue weighted by atomic mass is 19.4. The zero-order chi connectivity index (χ0) is 19.8. The summed E-state index contributed by atoms with van der Waals surface area (Å²) in [6.07, 6.45) is -4.45. The van der Waals surface area contributed by atoms with E-state index in [0.717, 1.165) is 35.5 Å². The molecule has 1 heterocycles. The number of anilines is 1. The van der Waals surface area contributed by atoms with Gasteiger partial charge in [0.2, 0.25) is 5.91 Å². The van der Waals surface area contributed by atoms with Gasteiger partial charge in [0, 0.05) is 23.8 Å². The van der Waals surface area contributed by atoms with E-state index < -0.39 is 17.6 Å². The number of halogens is 3. The third-order valence-corrected chi connectivity index (χ3v) is 4.62. The third kappa shape index (κ3) is 3.97. The van der Waals surface area contributed by atoms with E-state index in [1.54, 1.807) is 4.90 Å². The SMILES string of the molecule is Cc1cccc(N2C[C@@H](C)N(C(=O)c3ccc(C(F)(F)F)cc3)CC2=O)c1. The zero-order valence-electron chi connectivity index (χ0n) is 15.0. The molecule has 7 heteroatoms. The smallest absolute Gasteiger partial charge is 0.325 e. The van der Waals surface area contributed by atoms with Gasteiger partial charge in [-0.1, -0.05) is 12.1 Å². The standard InChI is InChI=1S/C20H19F3N2O2/c1-13-4-3-5-17(10-13)25-11-14(2)24(12-18(25)26)19(27)15-6-8-16(9-7-15)20(21,22)23/h3-10,14H,11-12H2,1-2H3/t14-/m1/s1. The Labute approximate surface area is 155 Å². The van der Waals surface area contributed by atoms with Gasteiger partial charge in [-0.25, -0.2) is 0 Å². The average molecular weight is 376 g/mol. The molecule has 1 fully saturated rings. The number of carbonyl (C=O) groups is 2. The van der Waals surface area contributed by atoms with Crippen molar-refractivity contribution in [2.75, 3.05) is 18.0 Å². The first-order chi connectivity index (χ1) is 12.7. The van der Waals surface area contributed by atoms with E-state index in [0.29, 0.717) is 6.54 Å². The Morgan fingerprint density at radius 1 is 1.11 bits per heavy atom. The molecule has 2 amide bonds. The molecule has 0 bridgehead atoms. The van der Waals surface area contributed by atoms with Crippen LogP contribution in [0, 0.1) is 6.92 Å². The van der Waals surface area contributed by atoms with Gasteiger partial charge in [0.1, 0.15) is 6.54 Å². The number of hydrogen-bond donors (Lipinski definition) is 0. The van der Waals surface area contributed by atoms with Crippen molar-refractivity contribution in [1.29, 1.82) is 0 Å². The number of benzene rings is 2. The molecule has 0 aromatic heterocycles. The second kappa shape index (κ2) is 7.06. The molecule has 2 aromatic rings. The van der Waals surface area contributed by atoms with Crippen molar-refractivity contribution in [2.24, 2.45) is 0 Å². The van der Waals surface area contributed by atoms with Crippen molar-refractivity contribution < 1.29 is 22.8 Å². The first-order valence-electron chi connectivity index (χ1n) is 8.52. The van der Waals surface area contributed by atoms with Crippen LogP contribution in [0.25, 0.3) is 0 Å². The van der Waals surface area contributed by atoms with Gasteiger partial charge in [-0.15, -0.1) is 0 Å². The summed E-state index contributed by atoms with van der Waals surface area (Å²) in [6, 6.07) is 11.3. The van der Waals surface area contributed by atoms with Crippen LogP contribution in [0.1, 0.15) is 28.4 Å². The molecule has 0 saturated carbocycles. The molecule has 1 atom stereocenters. The highest BCUT2D eigenvalue weighted by Crippen LogP contribution is 2.29. The number of carbonyl (C=O) groups excluding carboxylic acids is 2. The molecule has 0 spiro atoms. The first-order valence-corrected chi connectivity index (χ1v) is 8.52. The van der Waals surface area contributed by atoms with Gasteiger partial charge < -0.3 is 9.80 Å². The van der Waals surface area contributed by atoms with Gasteiger partial charge in [-0.05, 0) is 55.8 Å². The van der Waals surface area contributed by atoms with Gasteiger partial charge in [-0.2, -0.15) is 13.2 Å². The first kappa shape index (κ1) is 18.9. The monoisotopic (exact) mass is 376 g/mol. The third-order valence-electron chi connectivity index (χ3n) is 4.62. The molecule has 0 unspecified atom stereocenters. The molecule has 1 saturated heterocycles. The fourth-order valence-corrected chi connectivity index (χ4v) is 3.14. The molecule has 4 nitrogen and oxygen atoms in total. The number of piperazine rings is 1. The van der Waals surface area contributed by atoms with Crippen LogP contribution in [0.3, 0.4) is 0 Å². The summed E-state index contributed by atoms with van der Waals surface area (Å²) in [7, 11) is 0. The average Bonchev–Trinajstić information content (AvgIpc) is 2.62. The maximum absolute atomic E-state index is 12.7. The van der Waals surface area contributed by atoms with E-state index in [2.05, 4.69) is 0 Å². The summed E-state index contributed by atoms with van der Waals surface area (Å²) in [4.78, 5) is 28.3. The lowest BCUT2D eigenvalue weighted by atomic mass is 10.1. The van der Waals surface area contributed by atoms with Crippen LogP contribution < -0.4 is 4.90 Å². The predicted molar refractivity (Wildman–Crippen MR) is 95.5 cm³/mol. The molecule has 0 aliphatic carbocycles. The summed E-state index contributed by atoms with van der Waals surface area (Å²) >= 11 is 0. The lowest BCUT2D eigenvalue weighted by molar-refractivity contribution is -0.137. The minimum Gasteiger partial charge on any atom is -0.325 e. The van der Waals surface area contributed by atoms with Crippen LogP contribution in [0.4, 0.5) is 18.9 Å². The minimum absolute atomic E-state index is 0.116. The Hall–Kier alpha value is -2.83. The Kier molecular flexibility index (Phi) is 4.95. The van der Waals surface area contributed by atoms with E-state index in [-0.39, 0.29) is 24.1 Å². The number of amides is 2. The molecule has 3 rings (SSSR count). The normalized spacial score (nSPS) is 18.0. The number of hydrogen-bond acceptors (Lipinski definition) is 2. The maximum atomic E-state index is 12.7. The highest BCUT2D eigenvalue weighted by molar-refractivity contribution is 6.02. The molecule has 1 aliphatic heterocycles. The maximum Gasteiger partial charge on any atom is 0.416 e. The molecule has 2 aromatic carbocycles. The molecular weight excluding hydrogens is 357 g/mol. The van der Waals surface area contributed by atoms with Crippen molar-refractivity contribution in [3.05, 3.63) is 65.2 Å². The van der Waals surface area contributed by atoms with E-state index in [1.165, 1.54) is 4.90 Å². The van der Waals surface area contributed by atoms with Gasteiger partial charge in [0.05, 0.1) is 5.56 Å². The number of alkyl halides is 3. The van der Waals surface area contributed by atoms with Crippen molar-refractivity contribution in [3.63, 3.8) is 0 Å². The van der Waals surface area contributed by atoms with Crippen LogP contribution in [0.15, 0.2) is 48.5 Å². The number of aryl methyl sites for hydroxylation is 1. The second-order valence-electron chi connectivity index (χ2n) is 6.70. The summed E-state index contributed by atoms with van der Waals surface area (Å²) in [5.74, 6) is -0.674. The molecule has 27 heavy (non-hydrogen) atoms. The predicted octanol–water partition coefficient (Wildman–Crippen LogP) is 3.89. The zero-order valence-corrected chi connectivity index (χ0v) is 15.0. The van der Waals surface area contributed by atoms with Crippen LogP contribution in [0.5, 0.6) is 0 Å². The lowest BCUT2D eigenvalue weighted by Gasteiger charge is -2.39. The van der Waals surface area contributed by atoms with Gasteiger partial charge in [0.25, 0.3) is 5.91 Å². The Balaban J connectivity index is 1.77. The van der Waals surface area contributed by atoms with Crippen molar-refractivity contribution >= 4 is 17.5 Å². The molecular formula is C20H19F3N2O2. The fourth-order valence-electron chi connectivity index (χ4n) is 3.14. The molecule has 142 valence electrons. The number of rotatable bonds is 2. The van der Waals surface area contributed by atoms with Crippen molar-refractivity contribution in [2.45, 2.75) is 26.1 Å². The molecule has 0 radical (unpaired) electrons. The van der Waals surface area contributed by atoms with Crippen molar-refractivity contribution in [3.8, 4) is 0 Å². The van der Waals surface area contributed by atoms with Gasteiger partial charge >= 0.3 is 6.18 Å². The highest BCUT2D eigenvalue weighted by Gasteiger charge is 2.34. The van der Waals surface area contributed by atoms with Crippen molar-refractivity contribution in [1.82, 2.24) is 4.90 Å². The quantitative estimate of drug-likeness (QED) is 0.798. The Morgan fingerprint density at radius 3 is 2.37 bits per heavy atom. The Bertz CT molecular complexity index is 862. The van der Waals surface area contributed by atoms with Crippen LogP contribution >= 0.6 is 0 Å².